The minimum atomic E-state index is 0.0308. The summed E-state index contributed by atoms with van der Waals surface area (Å²) in [5, 5.41) is 0. The van der Waals surface area contributed by atoms with Crippen LogP contribution in [0.25, 0.3) is 22.3 Å². The van der Waals surface area contributed by atoms with Crippen molar-refractivity contribution in [3.05, 3.63) is 105 Å². The van der Waals surface area contributed by atoms with Gasteiger partial charge in [-0.2, -0.15) is 0 Å². The first kappa shape index (κ1) is 18.2. The number of fused-ring (bicyclic) bond motifs is 3. The molecule has 0 aromatic heterocycles. The van der Waals surface area contributed by atoms with Crippen LogP contribution in [0.5, 0.6) is 0 Å². The van der Waals surface area contributed by atoms with Crippen molar-refractivity contribution in [2.24, 2.45) is 0 Å². The van der Waals surface area contributed by atoms with Crippen LogP contribution in [0.2, 0.25) is 0 Å². The lowest BCUT2D eigenvalue weighted by Crippen LogP contribution is -2.14. The van der Waals surface area contributed by atoms with Crippen molar-refractivity contribution >= 4 is 22.6 Å². The molecule has 0 saturated heterocycles. The Kier molecular flexibility index (Phi) is 4.81. The van der Waals surface area contributed by atoms with E-state index in [1.165, 1.54) is 42.5 Å². The van der Waals surface area contributed by atoms with Gasteiger partial charge in [0.1, 0.15) is 0 Å². The van der Waals surface area contributed by atoms with Crippen molar-refractivity contribution in [1.29, 1.82) is 0 Å². The first-order valence-electron chi connectivity index (χ1n) is 9.33. The second-order valence-corrected chi connectivity index (χ2v) is 8.90. The summed E-state index contributed by atoms with van der Waals surface area (Å²) in [6.07, 6.45) is 0. The molecule has 0 N–H and O–H groups in total. The maximum absolute atomic E-state index is 2.39. The van der Waals surface area contributed by atoms with E-state index in [0.29, 0.717) is 0 Å². The minimum absolute atomic E-state index is 0.0308. The predicted molar refractivity (Wildman–Crippen MR) is 125 cm³/mol. The van der Waals surface area contributed by atoms with Crippen LogP contribution >= 0.6 is 22.6 Å². The molecule has 0 unspecified atom stereocenters. The highest BCUT2D eigenvalue weighted by atomic mass is 127. The summed E-state index contributed by atoms with van der Waals surface area (Å²) < 4.78 is 1.22. The molecule has 0 saturated carbocycles. The summed E-state index contributed by atoms with van der Waals surface area (Å²) in [6.45, 7) is 6.86. The molecule has 1 aliphatic rings. The van der Waals surface area contributed by atoms with Crippen LogP contribution in [-0.4, -0.2) is 0 Å². The molecular formula is C26H23I. The number of hydrogen-bond acceptors (Lipinski definition) is 0. The molecule has 4 rings (SSSR count). The van der Waals surface area contributed by atoms with E-state index in [1.807, 2.05) is 0 Å². The van der Waals surface area contributed by atoms with Crippen LogP contribution < -0.4 is 0 Å². The van der Waals surface area contributed by atoms with Crippen molar-refractivity contribution < 1.29 is 0 Å². The van der Waals surface area contributed by atoms with E-state index in [4.69, 9.17) is 0 Å². The fourth-order valence-corrected chi connectivity index (χ4v) is 4.43. The highest BCUT2D eigenvalue weighted by molar-refractivity contribution is 14.1. The topological polar surface area (TPSA) is 0 Å². The third-order valence-electron chi connectivity index (χ3n) is 5.55. The Morgan fingerprint density at radius 1 is 0.630 bits per heavy atom. The van der Waals surface area contributed by atoms with Crippen molar-refractivity contribution in [2.75, 3.05) is 0 Å². The Bertz CT molecular complexity index is 1070. The van der Waals surface area contributed by atoms with Crippen LogP contribution in [0.3, 0.4) is 0 Å². The lowest BCUT2D eigenvalue weighted by molar-refractivity contribution is 0.660. The van der Waals surface area contributed by atoms with Gasteiger partial charge >= 0.3 is 0 Å². The van der Waals surface area contributed by atoms with Gasteiger partial charge in [-0.25, -0.2) is 0 Å². The van der Waals surface area contributed by atoms with E-state index < -0.39 is 0 Å². The van der Waals surface area contributed by atoms with E-state index in [-0.39, 0.29) is 5.41 Å². The van der Waals surface area contributed by atoms with Gasteiger partial charge in [-0.05, 0) is 86.7 Å². The zero-order valence-corrected chi connectivity index (χ0v) is 18.1. The molecule has 0 heterocycles. The quantitative estimate of drug-likeness (QED) is 0.325. The number of benzene rings is 2. The van der Waals surface area contributed by atoms with Crippen molar-refractivity contribution in [1.82, 2.24) is 0 Å². The van der Waals surface area contributed by atoms with Crippen LogP contribution in [0, 0.1) is 10.5 Å². The average Bonchev–Trinajstić information content (AvgIpc) is 2.89. The molecule has 0 nitrogen and oxygen atoms in total. The van der Waals surface area contributed by atoms with Gasteiger partial charge in [0.15, 0.2) is 0 Å². The Labute approximate surface area is 175 Å². The zero-order valence-electron chi connectivity index (χ0n) is 16.0. The Morgan fingerprint density at radius 3 is 2.15 bits per heavy atom. The standard InChI is InChI=1S/C26H23I/c1-18-9-5-4-6-10-20(27)14-16-21(18)19-13-15-23-22-11-7-8-12-24(22)26(2,3)25(23)17-19/h4-17H,1-3H3. The molecule has 0 amide bonds. The Hall–Kier alpha value is -2.13. The molecular weight excluding hydrogens is 439 g/mol. The molecule has 0 atom stereocenters. The smallest absolute Gasteiger partial charge is 0.0159 e. The van der Waals surface area contributed by atoms with Gasteiger partial charge in [0.2, 0.25) is 0 Å². The molecule has 0 bridgehead atoms. The molecule has 1 heteroatoms. The predicted octanol–water partition coefficient (Wildman–Crippen LogP) is 7.70. The fraction of sp³-hybridized carbons (Fsp3) is 0.154. The van der Waals surface area contributed by atoms with Crippen molar-refractivity contribution in [2.45, 2.75) is 26.2 Å². The number of aryl methyl sites for hydroxylation is 1. The van der Waals surface area contributed by atoms with Crippen LogP contribution in [-0.2, 0) is 5.41 Å². The van der Waals surface area contributed by atoms with Crippen LogP contribution in [0.15, 0.2) is 84.9 Å². The summed E-state index contributed by atoms with van der Waals surface area (Å²) in [6, 6.07) is 30.8. The fourth-order valence-electron chi connectivity index (χ4n) is 4.05. The lowest BCUT2D eigenvalue weighted by atomic mass is 9.81. The largest absolute Gasteiger partial charge is 0.0622 e. The van der Waals surface area contributed by atoms with Crippen molar-refractivity contribution in [3.63, 3.8) is 0 Å². The van der Waals surface area contributed by atoms with Gasteiger partial charge in [-0.3, -0.25) is 0 Å². The summed E-state index contributed by atoms with van der Waals surface area (Å²) in [5.74, 6) is 0. The van der Waals surface area contributed by atoms with E-state index in [9.17, 15) is 0 Å². The lowest BCUT2D eigenvalue weighted by Gasteiger charge is -2.22. The van der Waals surface area contributed by atoms with Gasteiger partial charge in [-0.1, -0.05) is 80.6 Å². The van der Waals surface area contributed by atoms with E-state index in [1.54, 1.807) is 0 Å². The monoisotopic (exact) mass is 462 g/mol. The molecule has 3 aromatic carbocycles. The van der Waals surface area contributed by atoms with E-state index in [2.05, 4.69) is 128 Å². The molecule has 0 radical (unpaired) electrons. The highest BCUT2D eigenvalue weighted by Crippen LogP contribution is 2.49. The van der Waals surface area contributed by atoms with Gasteiger partial charge in [0.25, 0.3) is 0 Å². The molecule has 0 fully saturated rings. The van der Waals surface area contributed by atoms with Crippen LogP contribution in [0.1, 0.15) is 30.5 Å². The SMILES string of the molecule is Cc1cccccc(I)ccc1-c1ccc2c(c1)C(C)(C)c1ccccc1-2. The van der Waals surface area contributed by atoms with Gasteiger partial charge < -0.3 is 0 Å². The van der Waals surface area contributed by atoms with E-state index >= 15 is 0 Å². The second kappa shape index (κ2) is 7.12. The number of rotatable bonds is 1. The van der Waals surface area contributed by atoms with Gasteiger partial charge in [0, 0.05) is 8.99 Å². The summed E-state index contributed by atoms with van der Waals surface area (Å²) in [4.78, 5) is 0. The van der Waals surface area contributed by atoms with Gasteiger partial charge in [-0.15, -0.1) is 0 Å². The average molecular weight is 462 g/mol. The molecule has 27 heavy (non-hydrogen) atoms. The number of hydrogen-bond donors (Lipinski definition) is 0. The maximum atomic E-state index is 2.39. The number of halogens is 1. The first-order chi connectivity index (χ1) is 13.0. The van der Waals surface area contributed by atoms with Crippen molar-refractivity contribution in [3.8, 4) is 22.3 Å². The molecule has 0 spiro atoms. The van der Waals surface area contributed by atoms with E-state index in [0.717, 1.165) is 0 Å². The Balaban J connectivity index is 1.94. The summed E-state index contributed by atoms with van der Waals surface area (Å²) >= 11 is 2.38. The normalized spacial score (nSPS) is 13.5. The maximum Gasteiger partial charge on any atom is 0.0159 e. The second-order valence-electron chi connectivity index (χ2n) is 7.66. The van der Waals surface area contributed by atoms with Crippen LogP contribution in [0.4, 0.5) is 0 Å². The third-order valence-corrected chi connectivity index (χ3v) is 6.27. The summed E-state index contributed by atoms with van der Waals surface area (Å²) in [5.41, 5.74) is 9.44. The Morgan fingerprint density at radius 2 is 1.30 bits per heavy atom. The minimum Gasteiger partial charge on any atom is -0.0622 e. The highest BCUT2D eigenvalue weighted by Gasteiger charge is 2.35. The molecule has 0 aliphatic heterocycles. The molecule has 1 aliphatic carbocycles. The van der Waals surface area contributed by atoms with Gasteiger partial charge in [0.05, 0.1) is 0 Å². The third kappa shape index (κ3) is 3.29. The molecule has 3 aromatic rings. The molecule has 134 valence electrons. The zero-order chi connectivity index (χ0) is 19.0. The first-order valence-corrected chi connectivity index (χ1v) is 10.4. The summed E-state index contributed by atoms with van der Waals surface area (Å²) in [7, 11) is 0.